The minimum absolute atomic E-state index is 0.190. The van der Waals surface area contributed by atoms with E-state index in [0.717, 1.165) is 42.4 Å². The number of β-amino-alcohol motifs (C(OH)–C–C–N with tert-alkyl or cyclic N) is 1. The highest BCUT2D eigenvalue weighted by atomic mass is 35.5. The predicted octanol–water partition coefficient (Wildman–Crippen LogP) is 1.92. The minimum Gasteiger partial charge on any atom is -0.496 e. The predicted molar refractivity (Wildman–Crippen MR) is 63.9 cm³/mol. The van der Waals surface area contributed by atoms with Crippen LogP contribution in [0.1, 0.15) is 12.0 Å². The second kappa shape index (κ2) is 5.04. The standard InChI is InChI=1S/C12H16ClNO2/c1-16-12-3-2-10(13)6-9(12)7-14-5-4-11(15)8-14/h2-3,6,11,15H,4-5,7-8H2,1H3. The fourth-order valence-corrected chi connectivity index (χ4v) is 2.26. The van der Waals surface area contributed by atoms with Gasteiger partial charge in [-0.05, 0) is 24.6 Å². The van der Waals surface area contributed by atoms with Gasteiger partial charge in [0, 0.05) is 30.2 Å². The van der Waals surface area contributed by atoms with Crippen molar-refractivity contribution >= 4 is 11.6 Å². The van der Waals surface area contributed by atoms with Crippen molar-refractivity contribution in [2.45, 2.75) is 19.1 Å². The molecule has 1 atom stereocenters. The third kappa shape index (κ3) is 2.67. The Labute approximate surface area is 101 Å². The molecular formula is C12H16ClNO2. The van der Waals surface area contributed by atoms with Crippen molar-refractivity contribution in [3.05, 3.63) is 28.8 Å². The van der Waals surface area contributed by atoms with E-state index in [0.29, 0.717) is 0 Å². The van der Waals surface area contributed by atoms with Gasteiger partial charge >= 0.3 is 0 Å². The summed E-state index contributed by atoms with van der Waals surface area (Å²) in [7, 11) is 1.66. The number of hydrogen-bond donors (Lipinski definition) is 1. The molecule has 1 fully saturated rings. The Kier molecular flexibility index (Phi) is 3.69. The molecule has 1 aliphatic rings. The highest BCUT2D eigenvalue weighted by Crippen LogP contribution is 2.25. The lowest BCUT2D eigenvalue weighted by atomic mass is 10.2. The number of likely N-dealkylation sites (tertiary alicyclic amines) is 1. The first-order chi connectivity index (χ1) is 7.69. The van der Waals surface area contributed by atoms with Crippen molar-refractivity contribution in [1.82, 2.24) is 4.90 Å². The van der Waals surface area contributed by atoms with Crippen LogP contribution in [0.2, 0.25) is 5.02 Å². The fraction of sp³-hybridized carbons (Fsp3) is 0.500. The summed E-state index contributed by atoms with van der Waals surface area (Å²) in [5.41, 5.74) is 1.07. The molecule has 3 nitrogen and oxygen atoms in total. The minimum atomic E-state index is -0.190. The normalized spacial score (nSPS) is 21.3. The molecule has 0 aliphatic carbocycles. The Morgan fingerprint density at radius 2 is 2.38 bits per heavy atom. The summed E-state index contributed by atoms with van der Waals surface area (Å²) >= 11 is 5.96. The summed E-state index contributed by atoms with van der Waals surface area (Å²) < 4.78 is 5.29. The second-order valence-electron chi connectivity index (χ2n) is 4.13. The van der Waals surface area contributed by atoms with E-state index in [1.165, 1.54) is 0 Å². The molecule has 1 heterocycles. The molecule has 1 N–H and O–H groups in total. The lowest BCUT2D eigenvalue weighted by Gasteiger charge is -2.17. The highest BCUT2D eigenvalue weighted by Gasteiger charge is 2.21. The number of rotatable bonds is 3. The van der Waals surface area contributed by atoms with E-state index in [4.69, 9.17) is 16.3 Å². The van der Waals surface area contributed by atoms with E-state index in [1.54, 1.807) is 7.11 Å². The molecule has 1 aromatic carbocycles. The van der Waals surface area contributed by atoms with Crippen LogP contribution in [0.5, 0.6) is 5.75 Å². The molecule has 0 amide bonds. The smallest absolute Gasteiger partial charge is 0.123 e. The first-order valence-corrected chi connectivity index (χ1v) is 5.79. The average molecular weight is 242 g/mol. The summed E-state index contributed by atoms with van der Waals surface area (Å²) in [5.74, 6) is 0.853. The Hall–Kier alpha value is -0.770. The van der Waals surface area contributed by atoms with Gasteiger partial charge in [-0.2, -0.15) is 0 Å². The monoisotopic (exact) mass is 241 g/mol. The Bertz CT molecular complexity index is 370. The van der Waals surface area contributed by atoms with Gasteiger partial charge in [-0.1, -0.05) is 11.6 Å². The van der Waals surface area contributed by atoms with Gasteiger partial charge < -0.3 is 9.84 Å². The Morgan fingerprint density at radius 1 is 1.56 bits per heavy atom. The van der Waals surface area contributed by atoms with E-state index in [9.17, 15) is 5.11 Å². The highest BCUT2D eigenvalue weighted by molar-refractivity contribution is 6.30. The van der Waals surface area contributed by atoms with E-state index in [-0.39, 0.29) is 6.10 Å². The molecule has 2 rings (SSSR count). The zero-order chi connectivity index (χ0) is 11.5. The van der Waals surface area contributed by atoms with Gasteiger partial charge in [-0.25, -0.2) is 0 Å². The van der Waals surface area contributed by atoms with Crippen molar-refractivity contribution in [3.63, 3.8) is 0 Å². The zero-order valence-electron chi connectivity index (χ0n) is 9.32. The molecule has 1 saturated heterocycles. The van der Waals surface area contributed by atoms with Crippen molar-refractivity contribution in [3.8, 4) is 5.75 Å². The van der Waals surface area contributed by atoms with Gasteiger partial charge in [0.2, 0.25) is 0 Å². The van der Waals surface area contributed by atoms with Crippen LogP contribution in [0.4, 0.5) is 0 Å². The van der Waals surface area contributed by atoms with E-state index in [2.05, 4.69) is 4.90 Å². The Morgan fingerprint density at radius 3 is 3.00 bits per heavy atom. The van der Waals surface area contributed by atoms with Gasteiger partial charge in [0.25, 0.3) is 0 Å². The van der Waals surface area contributed by atoms with Gasteiger partial charge in [-0.15, -0.1) is 0 Å². The molecule has 0 saturated carbocycles. The summed E-state index contributed by atoms with van der Waals surface area (Å²) in [4.78, 5) is 2.21. The average Bonchev–Trinajstić information content (AvgIpc) is 2.64. The summed E-state index contributed by atoms with van der Waals surface area (Å²) in [6.07, 6.45) is 0.660. The number of halogens is 1. The molecule has 4 heteroatoms. The lowest BCUT2D eigenvalue weighted by molar-refractivity contribution is 0.174. The van der Waals surface area contributed by atoms with E-state index >= 15 is 0 Å². The number of aliphatic hydroxyl groups excluding tert-OH is 1. The first-order valence-electron chi connectivity index (χ1n) is 5.42. The van der Waals surface area contributed by atoms with E-state index in [1.807, 2.05) is 18.2 Å². The molecule has 1 aromatic rings. The Balaban J connectivity index is 2.10. The van der Waals surface area contributed by atoms with Crippen LogP contribution in [0.15, 0.2) is 18.2 Å². The molecule has 1 aliphatic heterocycles. The van der Waals surface area contributed by atoms with Crippen LogP contribution in [-0.4, -0.2) is 36.3 Å². The second-order valence-corrected chi connectivity index (χ2v) is 4.57. The first kappa shape index (κ1) is 11.7. The number of hydrogen-bond acceptors (Lipinski definition) is 3. The van der Waals surface area contributed by atoms with Crippen LogP contribution in [0, 0.1) is 0 Å². The molecule has 0 bridgehead atoms. The maximum Gasteiger partial charge on any atom is 0.123 e. The number of nitrogens with zero attached hydrogens (tertiary/aromatic N) is 1. The summed E-state index contributed by atoms with van der Waals surface area (Å²) in [6, 6.07) is 5.62. The van der Waals surface area contributed by atoms with Crippen LogP contribution in [0.3, 0.4) is 0 Å². The molecule has 88 valence electrons. The van der Waals surface area contributed by atoms with Crippen LogP contribution in [0.25, 0.3) is 0 Å². The van der Waals surface area contributed by atoms with E-state index < -0.39 is 0 Å². The third-order valence-electron chi connectivity index (χ3n) is 2.88. The lowest BCUT2D eigenvalue weighted by Crippen LogP contribution is -2.21. The number of aliphatic hydroxyl groups is 1. The molecular weight excluding hydrogens is 226 g/mol. The maximum absolute atomic E-state index is 9.46. The summed E-state index contributed by atoms with van der Waals surface area (Å²) in [5, 5.41) is 10.2. The fourth-order valence-electron chi connectivity index (χ4n) is 2.07. The van der Waals surface area contributed by atoms with Crippen molar-refractivity contribution in [2.75, 3.05) is 20.2 Å². The van der Waals surface area contributed by atoms with Crippen molar-refractivity contribution in [2.24, 2.45) is 0 Å². The number of ether oxygens (including phenoxy) is 1. The summed E-state index contributed by atoms with van der Waals surface area (Å²) in [6.45, 7) is 2.44. The van der Waals surface area contributed by atoms with Crippen LogP contribution in [-0.2, 0) is 6.54 Å². The molecule has 1 unspecified atom stereocenters. The molecule has 0 spiro atoms. The van der Waals surface area contributed by atoms with Gasteiger partial charge in [0.1, 0.15) is 5.75 Å². The third-order valence-corrected chi connectivity index (χ3v) is 3.12. The number of benzene rings is 1. The quantitative estimate of drug-likeness (QED) is 0.878. The maximum atomic E-state index is 9.46. The molecule has 0 radical (unpaired) electrons. The zero-order valence-corrected chi connectivity index (χ0v) is 10.1. The van der Waals surface area contributed by atoms with Crippen molar-refractivity contribution < 1.29 is 9.84 Å². The number of methoxy groups -OCH3 is 1. The van der Waals surface area contributed by atoms with Crippen LogP contribution < -0.4 is 4.74 Å². The van der Waals surface area contributed by atoms with Gasteiger partial charge in [0.15, 0.2) is 0 Å². The SMILES string of the molecule is COc1ccc(Cl)cc1CN1CCC(O)C1. The van der Waals surface area contributed by atoms with Crippen LogP contribution >= 0.6 is 11.6 Å². The molecule has 16 heavy (non-hydrogen) atoms. The van der Waals surface area contributed by atoms with Gasteiger partial charge in [-0.3, -0.25) is 4.90 Å². The topological polar surface area (TPSA) is 32.7 Å². The molecule has 0 aromatic heterocycles. The van der Waals surface area contributed by atoms with Crippen molar-refractivity contribution in [1.29, 1.82) is 0 Å². The van der Waals surface area contributed by atoms with Gasteiger partial charge in [0.05, 0.1) is 13.2 Å². The largest absolute Gasteiger partial charge is 0.496 e.